The molecule has 0 saturated carbocycles. The van der Waals surface area contributed by atoms with Gasteiger partial charge in [0.05, 0.1) is 24.0 Å². The van der Waals surface area contributed by atoms with Gasteiger partial charge in [0.15, 0.2) is 11.5 Å². The molecule has 0 aliphatic heterocycles. The van der Waals surface area contributed by atoms with Gasteiger partial charge >= 0.3 is 6.18 Å². The molecule has 0 bridgehead atoms. The Bertz CT molecular complexity index is 1120. The van der Waals surface area contributed by atoms with Gasteiger partial charge in [0, 0.05) is 5.56 Å². The number of hydrogen-bond donors (Lipinski definition) is 0. The number of aryl methyl sites for hydroxylation is 1. The van der Waals surface area contributed by atoms with Gasteiger partial charge in [-0.05, 0) is 49.4 Å². The van der Waals surface area contributed by atoms with Gasteiger partial charge in [-0.25, -0.2) is 4.98 Å². The highest BCUT2D eigenvalue weighted by Gasteiger charge is 2.36. The number of nitrogens with zero attached hydrogens (tertiary/aromatic N) is 2. The molecule has 0 aliphatic carbocycles. The van der Waals surface area contributed by atoms with Crippen LogP contribution in [0.5, 0.6) is 5.75 Å². The Balaban J connectivity index is 1.95. The Morgan fingerprint density at radius 2 is 1.93 bits per heavy atom. The van der Waals surface area contributed by atoms with Gasteiger partial charge in [-0.3, -0.25) is 4.79 Å². The number of furan rings is 1. The fraction of sp³-hybridized carbons (Fsp3) is 0.190. The van der Waals surface area contributed by atoms with Crippen LogP contribution in [-0.2, 0) is 6.18 Å². The van der Waals surface area contributed by atoms with E-state index in [2.05, 4.69) is 4.98 Å². The summed E-state index contributed by atoms with van der Waals surface area (Å²) in [7, 11) is 1.49. The number of aromatic nitrogens is 1. The first kappa shape index (κ1) is 21.5. The number of alkyl halides is 3. The van der Waals surface area contributed by atoms with Gasteiger partial charge < -0.3 is 9.15 Å². The van der Waals surface area contributed by atoms with Gasteiger partial charge in [-0.1, -0.05) is 11.8 Å². The summed E-state index contributed by atoms with van der Waals surface area (Å²) in [5.74, 6) is 0.718. The summed E-state index contributed by atoms with van der Waals surface area (Å²) in [4.78, 5) is 16.6. The van der Waals surface area contributed by atoms with Gasteiger partial charge in [-0.15, -0.1) is 0 Å². The lowest BCUT2D eigenvalue weighted by Crippen LogP contribution is -2.11. The second kappa shape index (κ2) is 8.63. The van der Waals surface area contributed by atoms with Crippen LogP contribution in [0.4, 0.5) is 13.2 Å². The number of ether oxygens (including phenoxy) is 1. The third kappa shape index (κ3) is 4.66. The molecular formula is C21H15F3N2O3S. The Morgan fingerprint density at radius 3 is 2.47 bits per heavy atom. The minimum Gasteiger partial charge on any atom is -0.497 e. The second-order valence-electron chi connectivity index (χ2n) is 6.20. The first-order valence-electron chi connectivity index (χ1n) is 8.62. The molecule has 9 heteroatoms. The van der Waals surface area contributed by atoms with Crippen LogP contribution in [0.3, 0.4) is 0 Å². The van der Waals surface area contributed by atoms with E-state index >= 15 is 0 Å². The number of pyridine rings is 1. The molecule has 0 unspecified atom stereocenters. The van der Waals surface area contributed by atoms with Gasteiger partial charge in [-0.2, -0.15) is 18.4 Å². The lowest BCUT2D eigenvalue weighted by molar-refractivity contribution is -0.138. The van der Waals surface area contributed by atoms with Crippen LogP contribution < -0.4 is 4.74 Å². The number of nitriles is 1. The van der Waals surface area contributed by atoms with E-state index < -0.39 is 17.3 Å². The molecule has 3 aromatic rings. The summed E-state index contributed by atoms with van der Waals surface area (Å²) in [5.41, 5.74) is -1.44. The van der Waals surface area contributed by atoms with Crippen molar-refractivity contribution in [2.45, 2.75) is 18.1 Å². The van der Waals surface area contributed by atoms with Crippen molar-refractivity contribution in [2.24, 2.45) is 0 Å². The molecule has 30 heavy (non-hydrogen) atoms. The SMILES string of the molecule is COc1ccc(C(=O)CSc2nc(-c3ccc(C)o3)cc(C(F)(F)F)c2C#N)cc1. The molecule has 154 valence electrons. The first-order chi connectivity index (χ1) is 14.2. The van der Waals surface area contributed by atoms with Crippen LogP contribution in [0.15, 0.2) is 51.9 Å². The van der Waals surface area contributed by atoms with Gasteiger partial charge in [0.25, 0.3) is 0 Å². The van der Waals surface area contributed by atoms with E-state index in [1.807, 2.05) is 0 Å². The zero-order valence-corrected chi connectivity index (χ0v) is 16.7. The van der Waals surface area contributed by atoms with E-state index in [1.54, 1.807) is 43.3 Å². The topological polar surface area (TPSA) is 76.1 Å². The lowest BCUT2D eigenvalue weighted by atomic mass is 10.1. The maximum Gasteiger partial charge on any atom is 0.417 e. The minimum absolute atomic E-state index is 0.0613. The van der Waals surface area contributed by atoms with E-state index in [0.29, 0.717) is 17.1 Å². The van der Waals surface area contributed by atoms with Crippen molar-refractivity contribution in [3.8, 4) is 23.3 Å². The summed E-state index contributed by atoms with van der Waals surface area (Å²) in [6.45, 7) is 1.65. The number of rotatable bonds is 6. The molecule has 0 N–H and O–H groups in total. The number of carbonyl (C=O) groups is 1. The van der Waals surface area contributed by atoms with Crippen LogP contribution in [0.25, 0.3) is 11.5 Å². The van der Waals surface area contributed by atoms with E-state index in [-0.39, 0.29) is 28.0 Å². The van der Waals surface area contributed by atoms with E-state index in [4.69, 9.17) is 9.15 Å². The van der Waals surface area contributed by atoms with Crippen molar-refractivity contribution in [1.29, 1.82) is 5.26 Å². The maximum absolute atomic E-state index is 13.6. The molecule has 3 rings (SSSR count). The molecule has 0 atom stereocenters. The number of benzene rings is 1. The van der Waals surface area contributed by atoms with Crippen molar-refractivity contribution in [1.82, 2.24) is 4.98 Å². The van der Waals surface area contributed by atoms with Crippen molar-refractivity contribution < 1.29 is 27.1 Å². The minimum atomic E-state index is -4.76. The number of ketones is 1. The zero-order chi connectivity index (χ0) is 21.9. The Labute approximate surface area is 174 Å². The Hall–Kier alpha value is -3.25. The van der Waals surface area contributed by atoms with Crippen LogP contribution in [0.2, 0.25) is 0 Å². The molecule has 2 aromatic heterocycles. The van der Waals surface area contributed by atoms with Crippen molar-refractivity contribution >= 4 is 17.5 Å². The zero-order valence-electron chi connectivity index (χ0n) is 15.9. The van der Waals surface area contributed by atoms with Crippen LogP contribution >= 0.6 is 11.8 Å². The predicted molar refractivity (Wildman–Crippen MR) is 104 cm³/mol. The van der Waals surface area contributed by atoms with Crippen molar-refractivity contribution in [3.63, 3.8) is 0 Å². The van der Waals surface area contributed by atoms with Gasteiger partial charge in [0.2, 0.25) is 0 Å². The third-order valence-corrected chi connectivity index (χ3v) is 5.12. The highest BCUT2D eigenvalue weighted by atomic mass is 32.2. The van der Waals surface area contributed by atoms with Crippen LogP contribution in [0, 0.1) is 18.3 Å². The summed E-state index contributed by atoms with van der Waals surface area (Å²) in [6, 6.07) is 11.8. The first-order valence-corrected chi connectivity index (χ1v) is 9.60. The van der Waals surface area contributed by atoms with E-state index in [0.717, 1.165) is 17.8 Å². The molecule has 0 aliphatic rings. The standard InChI is InChI=1S/C21H15F3N2O3S/c1-12-3-8-19(29-12)17-9-16(21(22,23)24)15(10-25)20(26-17)30-11-18(27)13-4-6-14(28-2)7-5-13/h3-9H,11H2,1-2H3. The number of thioether (sulfide) groups is 1. The monoisotopic (exact) mass is 432 g/mol. The quantitative estimate of drug-likeness (QED) is 0.377. The van der Waals surface area contributed by atoms with E-state index in [9.17, 15) is 23.2 Å². The van der Waals surface area contributed by atoms with Crippen molar-refractivity contribution in [3.05, 3.63) is 64.9 Å². The molecular weight excluding hydrogens is 417 g/mol. The molecule has 1 aromatic carbocycles. The smallest absolute Gasteiger partial charge is 0.417 e. The number of halogens is 3. The molecule has 0 fully saturated rings. The number of Topliss-reactive ketones (excluding diaryl/α,β-unsaturated/α-hetero) is 1. The molecule has 2 heterocycles. The summed E-state index contributed by atoms with van der Waals surface area (Å²) in [6.07, 6.45) is -4.76. The largest absolute Gasteiger partial charge is 0.497 e. The van der Waals surface area contributed by atoms with Gasteiger partial charge in [0.1, 0.15) is 28.3 Å². The normalized spacial score (nSPS) is 11.2. The lowest BCUT2D eigenvalue weighted by Gasteiger charge is -2.13. The Morgan fingerprint density at radius 1 is 1.23 bits per heavy atom. The third-order valence-electron chi connectivity index (χ3n) is 4.15. The number of hydrogen-bond acceptors (Lipinski definition) is 6. The predicted octanol–water partition coefficient (Wildman–Crippen LogP) is 5.52. The summed E-state index contributed by atoms with van der Waals surface area (Å²) in [5, 5.41) is 9.16. The molecule has 0 saturated heterocycles. The molecule has 0 amide bonds. The van der Waals surface area contributed by atoms with Crippen LogP contribution in [-0.4, -0.2) is 23.6 Å². The molecule has 0 radical (unpaired) electrons. The fourth-order valence-electron chi connectivity index (χ4n) is 2.65. The van der Waals surface area contributed by atoms with Crippen LogP contribution in [0.1, 0.15) is 27.2 Å². The summed E-state index contributed by atoms with van der Waals surface area (Å²) >= 11 is 0.774. The van der Waals surface area contributed by atoms with Crippen molar-refractivity contribution in [2.75, 3.05) is 12.9 Å². The highest BCUT2D eigenvalue weighted by molar-refractivity contribution is 8.00. The second-order valence-corrected chi connectivity index (χ2v) is 7.16. The number of methoxy groups -OCH3 is 1. The van der Waals surface area contributed by atoms with E-state index in [1.165, 1.54) is 13.2 Å². The molecule has 0 spiro atoms. The average molecular weight is 432 g/mol. The maximum atomic E-state index is 13.6. The highest BCUT2D eigenvalue weighted by Crippen LogP contribution is 2.38. The number of carbonyl (C=O) groups excluding carboxylic acids is 1. The molecule has 5 nitrogen and oxygen atoms in total. The summed E-state index contributed by atoms with van der Waals surface area (Å²) < 4.78 is 51.1. The Kier molecular flexibility index (Phi) is 6.17. The average Bonchev–Trinajstić information content (AvgIpc) is 3.17. The fourth-order valence-corrected chi connectivity index (χ4v) is 3.55.